The third-order valence-electron chi connectivity index (χ3n) is 1.62. The lowest BCUT2D eigenvalue weighted by molar-refractivity contribution is -0.131. The molecule has 0 saturated carbocycles. The quantitative estimate of drug-likeness (QED) is 0.763. The van der Waals surface area contributed by atoms with Gasteiger partial charge < -0.3 is 10.1 Å². The number of amides is 1. The van der Waals surface area contributed by atoms with Gasteiger partial charge in [-0.25, -0.2) is 0 Å². The van der Waals surface area contributed by atoms with Crippen LogP contribution in [0.1, 0.15) is 34.6 Å². The molecule has 0 aliphatic rings. The summed E-state index contributed by atoms with van der Waals surface area (Å²) in [6.45, 7) is 10.1. The molecule has 0 aliphatic carbocycles. The Hall–Kier alpha value is -0.220. The highest BCUT2D eigenvalue weighted by molar-refractivity contribution is 7.99. The molecule has 0 aromatic heterocycles. The van der Waals surface area contributed by atoms with E-state index >= 15 is 0 Å². The van der Waals surface area contributed by atoms with Crippen molar-refractivity contribution in [1.82, 2.24) is 5.32 Å². The van der Waals surface area contributed by atoms with Crippen molar-refractivity contribution in [2.45, 2.75) is 46.3 Å². The lowest BCUT2D eigenvalue weighted by Crippen LogP contribution is -2.38. The monoisotopic (exact) mass is 233 g/mol. The first-order valence-electron chi connectivity index (χ1n) is 5.36. The number of carbonyl (C=O) groups is 1. The van der Waals surface area contributed by atoms with Crippen molar-refractivity contribution in [1.29, 1.82) is 0 Å². The van der Waals surface area contributed by atoms with E-state index in [1.807, 2.05) is 39.5 Å². The summed E-state index contributed by atoms with van der Waals surface area (Å²) in [5.41, 5.74) is -0.251. The number of nitrogens with one attached hydrogen (secondary N) is 1. The van der Waals surface area contributed by atoms with Gasteiger partial charge in [0.1, 0.15) is 6.61 Å². The standard InChI is InChI=1S/C11H23NO2S/c1-6-15-8-9(2)12-10(13)7-14-11(3,4)5/h9H,6-8H2,1-5H3,(H,12,13). The van der Waals surface area contributed by atoms with Gasteiger partial charge in [0.05, 0.1) is 5.60 Å². The molecular weight excluding hydrogens is 210 g/mol. The van der Waals surface area contributed by atoms with E-state index in [2.05, 4.69) is 12.2 Å². The van der Waals surface area contributed by atoms with Crippen LogP contribution in [0.3, 0.4) is 0 Å². The SMILES string of the molecule is CCSCC(C)NC(=O)COC(C)(C)C. The molecule has 0 bridgehead atoms. The highest BCUT2D eigenvalue weighted by atomic mass is 32.2. The summed E-state index contributed by atoms with van der Waals surface area (Å²) in [4.78, 5) is 11.4. The molecule has 90 valence electrons. The summed E-state index contributed by atoms with van der Waals surface area (Å²) in [5.74, 6) is 2.00. The second-order valence-corrected chi connectivity index (χ2v) is 5.85. The van der Waals surface area contributed by atoms with Gasteiger partial charge in [0.2, 0.25) is 5.91 Å². The number of thioether (sulfide) groups is 1. The molecule has 0 fully saturated rings. The van der Waals surface area contributed by atoms with Crippen LogP contribution in [0.5, 0.6) is 0 Å². The predicted molar refractivity (Wildman–Crippen MR) is 66.3 cm³/mol. The Morgan fingerprint density at radius 1 is 1.47 bits per heavy atom. The molecule has 0 aliphatic heterocycles. The van der Waals surface area contributed by atoms with Gasteiger partial charge in [-0.15, -0.1) is 0 Å². The molecular formula is C11H23NO2S. The minimum absolute atomic E-state index is 0.0332. The largest absolute Gasteiger partial charge is 0.366 e. The van der Waals surface area contributed by atoms with Gasteiger partial charge in [0.15, 0.2) is 0 Å². The van der Waals surface area contributed by atoms with E-state index < -0.39 is 0 Å². The van der Waals surface area contributed by atoms with E-state index in [9.17, 15) is 4.79 Å². The van der Waals surface area contributed by atoms with Crippen molar-refractivity contribution in [3.05, 3.63) is 0 Å². The van der Waals surface area contributed by atoms with Gasteiger partial charge in [-0.05, 0) is 33.4 Å². The Morgan fingerprint density at radius 2 is 2.07 bits per heavy atom. The minimum Gasteiger partial charge on any atom is -0.366 e. The van der Waals surface area contributed by atoms with Crippen molar-refractivity contribution in [2.24, 2.45) is 0 Å². The maximum atomic E-state index is 11.4. The van der Waals surface area contributed by atoms with Gasteiger partial charge in [-0.3, -0.25) is 4.79 Å². The van der Waals surface area contributed by atoms with E-state index in [-0.39, 0.29) is 24.2 Å². The van der Waals surface area contributed by atoms with Crippen LogP contribution >= 0.6 is 11.8 Å². The summed E-state index contributed by atoms with van der Waals surface area (Å²) in [5, 5.41) is 2.90. The molecule has 0 spiro atoms. The second kappa shape index (κ2) is 7.12. The van der Waals surface area contributed by atoms with E-state index in [4.69, 9.17) is 4.74 Å². The Balaban J connectivity index is 3.64. The summed E-state index contributed by atoms with van der Waals surface area (Å²) >= 11 is 1.83. The van der Waals surface area contributed by atoms with E-state index in [0.29, 0.717) is 0 Å². The third kappa shape index (κ3) is 10.1. The smallest absolute Gasteiger partial charge is 0.246 e. The van der Waals surface area contributed by atoms with Crippen LogP contribution in [0.15, 0.2) is 0 Å². The molecule has 15 heavy (non-hydrogen) atoms. The van der Waals surface area contributed by atoms with Crippen LogP contribution in [0.4, 0.5) is 0 Å². The normalized spacial score (nSPS) is 13.7. The van der Waals surface area contributed by atoms with Gasteiger partial charge in [-0.2, -0.15) is 11.8 Å². The summed E-state index contributed by atoms with van der Waals surface area (Å²) in [6, 6.07) is 0.214. The molecule has 1 unspecified atom stereocenters. The topological polar surface area (TPSA) is 38.3 Å². The first kappa shape index (κ1) is 14.8. The zero-order valence-corrected chi connectivity index (χ0v) is 11.2. The van der Waals surface area contributed by atoms with Crippen molar-refractivity contribution in [3.8, 4) is 0 Å². The number of rotatable bonds is 6. The molecule has 3 nitrogen and oxygen atoms in total. The highest BCUT2D eigenvalue weighted by Gasteiger charge is 2.13. The van der Waals surface area contributed by atoms with E-state index in [1.165, 1.54) is 0 Å². The first-order valence-corrected chi connectivity index (χ1v) is 6.51. The number of hydrogen-bond donors (Lipinski definition) is 1. The summed E-state index contributed by atoms with van der Waals surface area (Å²) in [6.07, 6.45) is 0. The van der Waals surface area contributed by atoms with Crippen LogP contribution in [-0.4, -0.2) is 35.7 Å². The molecule has 1 N–H and O–H groups in total. The Kier molecular flexibility index (Phi) is 7.02. The zero-order valence-electron chi connectivity index (χ0n) is 10.4. The molecule has 0 rings (SSSR count). The van der Waals surface area contributed by atoms with Crippen molar-refractivity contribution < 1.29 is 9.53 Å². The van der Waals surface area contributed by atoms with Crippen molar-refractivity contribution >= 4 is 17.7 Å². The number of ether oxygens (including phenoxy) is 1. The van der Waals surface area contributed by atoms with Gasteiger partial charge in [-0.1, -0.05) is 6.92 Å². The maximum absolute atomic E-state index is 11.4. The van der Waals surface area contributed by atoms with E-state index in [1.54, 1.807) is 0 Å². The van der Waals surface area contributed by atoms with E-state index in [0.717, 1.165) is 11.5 Å². The number of hydrogen-bond acceptors (Lipinski definition) is 3. The van der Waals surface area contributed by atoms with Crippen molar-refractivity contribution in [2.75, 3.05) is 18.1 Å². The number of carbonyl (C=O) groups excluding carboxylic acids is 1. The lowest BCUT2D eigenvalue weighted by atomic mass is 10.2. The van der Waals surface area contributed by atoms with Crippen LogP contribution < -0.4 is 5.32 Å². The minimum atomic E-state index is -0.251. The zero-order chi connectivity index (χ0) is 11.9. The molecule has 1 amide bonds. The Labute approximate surface area is 97.3 Å². The average Bonchev–Trinajstić information content (AvgIpc) is 2.10. The molecule has 0 aromatic rings. The third-order valence-corrected chi connectivity index (χ3v) is 2.76. The van der Waals surface area contributed by atoms with Crippen LogP contribution in [0.2, 0.25) is 0 Å². The summed E-state index contributed by atoms with van der Waals surface area (Å²) < 4.78 is 5.38. The molecule has 0 heterocycles. The van der Waals surface area contributed by atoms with Gasteiger partial charge in [0.25, 0.3) is 0 Å². The van der Waals surface area contributed by atoms with Crippen LogP contribution in [-0.2, 0) is 9.53 Å². The average molecular weight is 233 g/mol. The van der Waals surface area contributed by atoms with Gasteiger partial charge in [0, 0.05) is 11.8 Å². The fourth-order valence-electron chi connectivity index (χ4n) is 0.935. The molecule has 0 radical (unpaired) electrons. The van der Waals surface area contributed by atoms with Crippen molar-refractivity contribution in [3.63, 3.8) is 0 Å². The molecule has 4 heteroatoms. The highest BCUT2D eigenvalue weighted by Crippen LogP contribution is 2.06. The molecule has 1 atom stereocenters. The maximum Gasteiger partial charge on any atom is 0.246 e. The summed E-state index contributed by atoms with van der Waals surface area (Å²) in [7, 11) is 0. The van der Waals surface area contributed by atoms with Gasteiger partial charge >= 0.3 is 0 Å². The fraction of sp³-hybridized carbons (Fsp3) is 0.909. The Morgan fingerprint density at radius 3 is 2.53 bits per heavy atom. The fourth-order valence-corrected chi connectivity index (χ4v) is 1.61. The lowest BCUT2D eigenvalue weighted by Gasteiger charge is -2.20. The first-order chi connectivity index (χ1) is 6.85. The molecule has 0 aromatic carbocycles. The predicted octanol–water partition coefficient (Wildman–Crippen LogP) is 2.06. The van der Waals surface area contributed by atoms with Crippen LogP contribution in [0, 0.1) is 0 Å². The second-order valence-electron chi connectivity index (χ2n) is 4.53. The molecule has 0 saturated heterocycles. The van der Waals surface area contributed by atoms with Crippen LogP contribution in [0.25, 0.3) is 0 Å². The Bertz CT molecular complexity index is 190.